The molecule has 1 atom stereocenters. The van der Waals surface area contributed by atoms with Gasteiger partial charge in [-0.25, -0.2) is 9.67 Å². The van der Waals surface area contributed by atoms with Crippen LogP contribution in [-0.2, 0) is 24.3 Å². The van der Waals surface area contributed by atoms with Crippen molar-refractivity contribution in [3.05, 3.63) is 35.7 Å². The highest BCUT2D eigenvalue weighted by molar-refractivity contribution is 14.1. The summed E-state index contributed by atoms with van der Waals surface area (Å²) in [6.07, 6.45) is 6.75. The third kappa shape index (κ3) is 4.83. The number of aromatic nitrogens is 4. The van der Waals surface area contributed by atoms with Crippen LogP contribution < -0.4 is 10.1 Å². The lowest BCUT2D eigenvalue weighted by Crippen LogP contribution is -2.41. The van der Waals surface area contributed by atoms with Gasteiger partial charge in [-0.2, -0.15) is 10.1 Å². The monoisotopic (exact) mass is 575 g/mol. The summed E-state index contributed by atoms with van der Waals surface area (Å²) in [6.45, 7) is 4.34. The minimum atomic E-state index is 0.217. The van der Waals surface area contributed by atoms with Gasteiger partial charge in [0.1, 0.15) is 5.75 Å². The molecule has 2 aliphatic heterocycles. The normalized spacial score (nSPS) is 18.7. The standard InChI is InChI=1S/C24H30IN7O2/c1-30-7-5-17-9-21(34-2)20(8-18(17)15-30)28-24-26-11-19-12-27-32(23(19)29-24)14-16-4-3-6-31(13-16)22(33)10-25/h8-9,11-12,16H,3-7,10,13-15H2,1-2H3,(H,26,28,29)/t16-/m0/s1. The zero-order valence-corrected chi connectivity index (χ0v) is 21.8. The van der Waals surface area contributed by atoms with Crippen molar-refractivity contribution in [3.63, 3.8) is 0 Å². The van der Waals surface area contributed by atoms with Crippen LogP contribution in [0, 0.1) is 5.92 Å². The summed E-state index contributed by atoms with van der Waals surface area (Å²) in [4.78, 5) is 25.8. The molecule has 3 aromatic rings. The predicted octanol–water partition coefficient (Wildman–Crippen LogP) is 3.24. The summed E-state index contributed by atoms with van der Waals surface area (Å²) in [6, 6.07) is 4.27. The molecule has 1 amide bonds. The number of hydrogen-bond acceptors (Lipinski definition) is 7. The smallest absolute Gasteiger partial charge is 0.232 e. The Morgan fingerprint density at radius 2 is 2.15 bits per heavy atom. The Balaban J connectivity index is 1.37. The largest absolute Gasteiger partial charge is 0.495 e. The van der Waals surface area contributed by atoms with Crippen LogP contribution in [0.4, 0.5) is 11.6 Å². The number of fused-ring (bicyclic) bond motifs is 2. The van der Waals surface area contributed by atoms with Crippen LogP contribution in [0.3, 0.4) is 0 Å². The summed E-state index contributed by atoms with van der Waals surface area (Å²) in [5.41, 5.74) is 4.29. The van der Waals surface area contributed by atoms with Gasteiger partial charge in [0.05, 0.1) is 28.8 Å². The van der Waals surface area contributed by atoms with Crippen LogP contribution in [0.1, 0.15) is 24.0 Å². The lowest BCUT2D eigenvalue weighted by Gasteiger charge is -2.32. The highest BCUT2D eigenvalue weighted by Gasteiger charge is 2.24. The Morgan fingerprint density at radius 1 is 1.26 bits per heavy atom. The molecule has 0 bridgehead atoms. The second-order valence-corrected chi connectivity index (χ2v) is 9.98. The average Bonchev–Trinajstić information content (AvgIpc) is 3.25. The number of benzene rings is 1. The lowest BCUT2D eigenvalue weighted by molar-refractivity contribution is -0.129. The van der Waals surface area contributed by atoms with Crippen molar-refractivity contribution >= 4 is 51.2 Å². The molecule has 0 spiro atoms. The van der Waals surface area contributed by atoms with E-state index in [2.05, 4.69) is 62.1 Å². The number of amides is 1. The van der Waals surface area contributed by atoms with Gasteiger partial charge in [-0.05, 0) is 55.5 Å². The number of likely N-dealkylation sites (tertiary alicyclic amines) is 1. The van der Waals surface area contributed by atoms with E-state index in [0.717, 1.165) is 74.5 Å². The minimum absolute atomic E-state index is 0.217. The van der Waals surface area contributed by atoms with E-state index in [0.29, 0.717) is 16.3 Å². The molecule has 5 rings (SSSR count). The molecule has 2 aromatic heterocycles. The number of carbonyl (C=O) groups excluding carboxylic acids is 1. The van der Waals surface area contributed by atoms with Crippen molar-refractivity contribution in [2.75, 3.05) is 43.5 Å². The van der Waals surface area contributed by atoms with Crippen LogP contribution in [0.15, 0.2) is 24.5 Å². The van der Waals surface area contributed by atoms with Crippen LogP contribution in [0.5, 0.6) is 5.75 Å². The van der Waals surface area contributed by atoms with Crippen LogP contribution in [-0.4, -0.2) is 73.7 Å². The number of anilines is 2. The van der Waals surface area contributed by atoms with Gasteiger partial charge in [0.25, 0.3) is 0 Å². The molecule has 34 heavy (non-hydrogen) atoms. The molecule has 0 radical (unpaired) electrons. The highest BCUT2D eigenvalue weighted by atomic mass is 127. The van der Waals surface area contributed by atoms with Crippen molar-refractivity contribution in [1.29, 1.82) is 0 Å². The van der Waals surface area contributed by atoms with Crippen molar-refractivity contribution in [2.45, 2.75) is 32.4 Å². The van der Waals surface area contributed by atoms with E-state index in [4.69, 9.17) is 9.72 Å². The molecule has 0 saturated carbocycles. The van der Waals surface area contributed by atoms with Crippen LogP contribution in [0.25, 0.3) is 11.0 Å². The fraction of sp³-hybridized carbons (Fsp3) is 0.500. The van der Waals surface area contributed by atoms with Gasteiger partial charge in [0, 0.05) is 38.9 Å². The van der Waals surface area contributed by atoms with Gasteiger partial charge < -0.3 is 19.9 Å². The number of piperidine rings is 1. The van der Waals surface area contributed by atoms with Gasteiger partial charge >= 0.3 is 0 Å². The van der Waals surface area contributed by atoms with E-state index in [9.17, 15) is 4.79 Å². The SMILES string of the molecule is COc1cc2c(cc1Nc1ncc3cnn(C[C@H]4CCCN(C(=O)CI)C4)c3n1)CN(C)CC2. The molecule has 180 valence electrons. The molecule has 9 nitrogen and oxygen atoms in total. The maximum atomic E-state index is 12.2. The Hall–Kier alpha value is -2.47. The van der Waals surface area contributed by atoms with E-state index < -0.39 is 0 Å². The molecule has 1 saturated heterocycles. The second kappa shape index (κ2) is 10.0. The first-order valence-corrected chi connectivity index (χ1v) is 13.2. The van der Waals surface area contributed by atoms with Crippen molar-refractivity contribution in [1.82, 2.24) is 29.5 Å². The second-order valence-electron chi connectivity index (χ2n) is 9.21. The van der Waals surface area contributed by atoms with E-state index in [-0.39, 0.29) is 5.91 Å². The Labute approximate surface area is 213 Å². The first-order valence-electron chi connectivity index (χ1n) is 11.7. The van der Waals surface area contributed by atoms with Gasteiger partial charge in [-0.3, -0.25) is 4.79 Å². The summed E-state index contributed by atoms with van der Waals surface area (Å²) in [5, 5.41) is 8.85. The molecule has 1 N–H and O–H groups in total. The summed E-state index contributed by atoms with van der Waals surface area (Å²) in [5.74, 6) is 1.90. The molecular weight excluding hydrogens is 545 g/mol. The maximum Gasteiger partial charge on any atom is 0.232 e. The van der Waals surface area contributed by atoms with Gasteiger partial charge in [-0.1, -0.05) is 22.6 Å². The number of carbonyl (C=O) groups is 1. The van der Waals surface area contributed by atoms with Crippen molar-refractivity contribution in [3.8, 4) is 5.75 Å². The average molecular weight is 575 g/mol. The first kappa shape index (κ1) is 23.3. The molecule has 1 aromatic carbocycles. The number of nitrogens with one attached hydrogen (secondary N) is 1. The Morgan fingerprint density at radius 3 is 2.97 bits per heavy atom. The number of methoxy groups -OCH3 is 1. The van der Waals surface area contributed by atoms with Crippen LogP contribution in [0.2, 0.25) is 0 Å². The molecule has 0 unspecified atom stereocenters. The van der Waals surface area contributed by atoms with Gasteiger partial charge in [-0.15, -0.1) is 0 Å². The Bertz CT molecular complexity index is 1200. The number of likely N-dealkylation sites (N-methyl/N-ethyl adjacent to an activating group) is 1. The third-order valence-corrected chi connectivity index (χ3v) is 7.42. The highest BCUT2D eigenvalue weighted by Crippen LogP contribution is 2.33. The fourth-order valence-electron chi connectivity index (χ4n) is 4.94. The molecule has 10 heteroatoms. The molecule has 1 fully saturated rings. The first-order chi connectivity index (χ1) is 16.5. The number of alkyl halides is 1. The fourth-order valence-corrected chi connectivity index (χ4v) is 5.43. The number of rotatable bonds is 6. The summed E-state index contributed by atoms with van der Waals surface area (Å²) >= 11 is 2.14. The van der Waals surface area contributed by atoms with E-state index >= 15 is 0 Å². The van der Waals surface area contributed by atoms with E-state index in [1.165, 1.54) is 11.1 Å². The zero-order valence-electron chi connectivity index (χ0n) is 19.6. The molecule has 0 aliphatic carbocycles. The van der Waals surface area contributed by atoms with E-state index in [1.54, 1.807) is 13.3 Å². The third-order valence-electron chi connectivity index (χ3n) is 6.77. The van der Waals surface area contributed by atoms with Crippen molar-refractivity contribution < 1.29 is 9.53 Å². The number of nitrogens with zero attached hydrogens (tertiary/aromatic N) is 6. The van der Waals surface area contributed by atoms with E-state index in [1.807, 2.05) is 15.8 Å². The lowest BCUT2D eigenvalue weighted by atomic mass is 9.98. The minimum Gasteiger partial charge on any atom is -0.495 e. The van der Waals surface area contributed by atoms with Gasteiger partial charge in [0.2, 0.25) is 11.9 Å². The predicted molar refractivity (Wildman–Crippen MR) is 140 cm³/mol. The summed E-state index contributed by atoms with van der Waals surface area (Å²) in [7, 11) is 3.83. The Kier molecular flexibility index (Phi) is 6.87. The molecular formula is C24H30IN7O2. The number of ether oxygens (including phenoxy) is 1. The van der Waals surface area contributed by atoms with Gasteiger partial charge in [0.15, 0.2) is 5.65 Å². The number of halogens is 1. The topological polar surface area (TPSA) is 88.4 Å². The quantitative estimate of drug-likeness (QED) is 0.357. The maximum absolute atomic E-state index is 12.2. The zero-order chi connectivity index (χ0) is 23.7. The van der Waals surface area contributed by atoms with Crippen molar-refractivity contribution in [2.24, 2.45) is 5.92 Å². The molecule has 2 aliphatic rings. The molecule has 4 heterocycles. The van der Waals surface area contributed by atoms with Crippen LogP contribution >= 0.6 is 22.6 Å². The summed E-state index contributed by atoms with van der Waals surface area (Å²) < 4.78 is 8.14. The number of hydrogen-bond donors (Lipinski definition) is 1.